The molecule has 0 radical (unpaired) electrons. The van der Waals surface area contributed by atoms with Crippen molar-refractivity contribution in [1.29, 1.82) is 0 Å². The summed E-state index contributed by atoms with van der Waals surface area (Å²) in [6.45, 7) is 5.73. The molecule has 3 N–H and O–H groups in total. The molecule has 0 saturated carbocycles. The lowest BCUT2D eigenvalue weighted by atomic mass is 10.2. The average Bonchev–Trinajstić information content (AvgIpc) is 2.56. The summed E-state index contributed by atoms with van der Waals surface area (Å²) in [7, 11) is -0.773. The first kappa shape index (κ1) is 24.6. The van der Waals surface area contributed by atoms with E-state index in [4.69, 9.17) is 9.47 Å². The topological polar surface area (TPSA) is 106 Å². The summed E-state index contributed by atoms with van der Waals surface area (Å²) in [4.78, 5) is 12.2. The van der Waals surface area contributed by atoms with E-state index in [0.29, 0.717) is 26.2 Å². The van der Waals surface area contributed by atoms with E-state index in [0.717, 1.165) is 0 Å². The number of ether oxygens (including phenoxy) is 2. The minimum atomic E-state index is -3.77. The van der Waals surface area contributed by atoms with Crippen LogP contribution in [0.2, 0.25) is 0 Å². The first-order valence-electron chi connectivity index (χ1n) is 8.00. The lowest BCUT2D eigenvalue weighted by Gasteiger charge is -2.14. The van der Waals surface area contributed by atoms with Crippen molar-refractivity contribution in [2.75, 3.05) is 40.5 Å². The zero-order valence-corrected chi connectivity index (χ0v) is 17.1. The molecule has 0 aliphatic carbocycles. The van der Waals surface area contributed by atoms with Gasteiger partial charge in [0, 0.05) is 38.3 Å². The number of methoxy groups -OCH3 is 2. The Labute approximate surface area is 161 Å². The van der Waals surface area contributed by atoms with Crippen molar-refractivity contribution >= 4 is 28.3 Å². The van der Waals surface area contributed by atoms with E-state index >= 15 is 0 Å². The van der Waals surface area contributed by atoms with Gasteiger partial charge in [0.1, 0.15) is 10.6 Å². The van der Waals surface area contributed by atoms with Crippen LogP contribution in [0.5, 0.6) is 5.75 Å². The molecule has 1 aromatic rings. The molecule has 150 valence electrons. The van der Waals surface area contributed by atoms with Crippen LogP contribution in [0, 0.1) is 0 Å². The third kappa shape index (κ3) is 7.88. The van der Waals surface area contributed by atoms with E-state index in [1.165, 1.54) is 25.3 Å². The number of hydrogen-bond donors (Lipinski definition) is 3. The largest absolute Gasteiger partial charge is 0.495 e. The van der Waals surface area contributed by atoms with Crippen molar-refractivity contribution in [3.8, 4) is 5.75 Å². The predicted octanol–water partition coefficient (Wildman–Crippen LogP) is 0.770. The lowest BCUT2D eigenvalue weighted by Crippen LogP contribution is -2.33. The van der Waals surface area contributed by atoms with E-state index in [-0.39, 0.29) is 40.6 Å². The molecule has 10 heteroatoms. The number of carbonyl (C=O) groups is 1. The van der Waals surface area contributed by atoms with Crippen molar-refractivity contribution in [3.05, 3.63) is 23.8 Å². The summed E-state index contributed by atoms with van der Waals surface area (Å²) in [5.74, 6) is -0.164. The second-order valence-electron chi connectivity index (χ2n) is 5.64. The summed E-state index contributed by atoms with van der Waals surface area (Å²) in [5.41, 5.74) is 0.252. The Morgan fingerprint density at radius 2 is 1.85 bits per heavy atom. The molecule has 1 aromatic carbocycles. The fourth-order valence-corrected chi connectivity index (χ4v) is 3.51. The Morgan fingerprint density at radius 3 is 2.42 bits per heavy atom. The first-order chi connectivity index (χ1) is 11.8. The number of sulfonamides is 1. The van der Waals surface area contributed by atoms with Crippen LogP contribution in [0.3, 0.4) is 0 Å². The number of benzene rings is 1. The molecule has 0 saturated heterocycles. The Morgan fingerprint density at radius 1 is 1.15 bits per heavy atom. The molecule has 26 heavy (non-hydrogen) atoms. The van der Waals surface area contributed by atoms with Crippen LogP contribution < -0.4 is 20.1 Å². The van der Waals surface area contributed by atoms with Gasteiger partial charge in [-0.1, -0.05) is 0 Å². The molecule has 0 aliphatic rings. The third-order valence-corrected chi connectivity index (χ3v) is 4.86. The number of carbonyl (C=O) groups excluding carboxylic acids is 1. The molecule has 0 spiro atoms. The molecule has 0 bridgehead atoms. The highest BCUT2D eigenvalue weighted by molar-refractivity contribution is 7.89. The third-order valence-electron chi connectivity index (χ3n) is 3.18. The van der Waals surface area contributed by atoms with Crippen molar-refractivity contribution in [3.63, 3.8) is 0 Å². The monoisotopic (exact) mass is 409 g/mol. The lowest BCUT2D eigenvalue weighted by molar-refractivity contribution is 0.0953. The van der Waals surface area contributed by atoms with Crippen molar-refractivity contribution in [1.82, 2.24) is 15.4 Å². The summed E-state index contributed by atoms with van der Waals surface area (Å²) in [5, 5.41) is 5.84. The van der Waals surface area contributed by atoms with Gasteiger partial charge in [-0.25, -0.2) is 13.1 Å². The highest BCUT2D eigenvalue weighted by Gasteiger charge is 2.22. The molecular formula is C16H28ClN3O5S. The van der Waals surface area contributed by atoms with E-state index in [1.54, 1.807) is 21.0 Å². The standard InChI is InChI=1S/C16H27N3O5S.ClH/c1-12(2)19-25(21,22)15-11-13(5-6-14(15)24-4)16(20)18-8-7-17-9-10-23-3;/h5-6,11-12,17,19H,7-10H2,1-4H3,(H,18,20);1H. The minimum absolute atomic E-state index is 0. The van der Waals surface area contributed by atoms with Crippen LogP contribution >= 0.6 is 12.4 Å². The van der Waals surface area contributed by atoms with Crippen LogP contribution in [-0.2, 0) is 14.8 Å². The Balaban J connectivity index is 0.00000625. The maximum atomic E-state index is 12.4. The summed E-state index contributed by atoms with van der Waals surface area (Å²) < 4.78 is 37.3. The molecule has 1 rings (SSSR count). The molecule has 0 fully saturated rings. The van der Waals surface area contributed by atoms with Gasteiger partial charge in [-0.15, -0.1) is 12.4 Å². The molecule has 8 nitrogen and oxygen atoms in total. The van der Waals surface area contributed by atoms with Crippen LogP contribution in [0.15, 0.2) is 23.1 Å². The van der Waals surface area contributed by atoms with Gasteiger partial charge in [-0.3, -0.25) is 4.79 Å². The second-order valence-corrected chi connectivity index (χ2v) is 7.32. The smallest absolute Gasteiger partial charge is 0.251 e. The van der Waals surface area contributed by atoms with E-state index < -0.39 is 10.0 Å². The summed E-state index contributed by atoms with van der Waals surface area (Å²) in [6.07, 6.45) is 0. The van der Waals surface area contributed by atoms with E-state index in [1.807, 2.05) is 0 Å². The van der Waals surface area contributed by atoms with Crippen molar-refractivity contribution < 1.29 is 22.7 Å². The Hall–Kier alpha value is -1.39. The van der Waals surface area contributed by atoms with Gasteiger partial charge >= 0.3 is 0 Å². The molecule has 0 aromatic heterocycles. The SMILES string of the molecule is COCCNCCNC(=O)c1ccc(OC)c(S(=O)(=O)NC(C)C)c1.Cl. The van der Waals surface area contributed by atoms with Gasteiger partial charge in [0.2, 0.25) is 10.0 Å². The van der Waals surface area contributed by atoms with E-state index in [9.17, 15) is 13.2 Å². The average molecular weight is 410 g/mol. The van der Waals surface area contributed by atoms with Crippen LogP contribution in [0.1, 0.15) is 24.2 Å². The number of amides is 1. The van der Waals surface area contributed by atoms with Crippen LogP contribution in [0.25, 0.3) is 0 Å². The maximum Gasteiger partial charge on any atom is 0.251 e. The number of halogens is 1. The van der Waals surface area contributed by atoms with Crippen LogP contribution in [0.4, 0.5) is 0 Å². The zero-order chi connectivity index (χ0) is 18.9. The normalized spacial score (nSPS) is 11.1. The van der Waals surface area contributed by atoms with Gasteiger partial charge in [-0.05, 0) is 32.0 Å². The Kier molecular flexibility index (Phi) is 11.4. The molecule has 0 heterocycles. The maximum absolute atomic E-state index is 12.4. The molecular weight excluding hydrogens is 382 g/mol. The van der Waals surface area contributed by atoms with E-state index in [2.05, 4.69) is 15.4 Å². The van der Waals surface area contributed by atoms with Gasteiger partial charge in [0.15, 0.2) is 0 Å². The van der Waals surface area contributed by atoms with Gasteiger partial charge < -0.3 is 20.1 Å². The van der Waals surface area contributed by atoms with Crippen LogP contribution in [-0.4, -0.2) is 60.8 Å². The van der Waals surface area contributed by atoms with Crippen molar-refractivity contribution in [2.45, 2.75) is 24.8 Å². The zero-order valence-electron chi connectivity index (χ0n) is 15.5. The quantitative estimate of drug-likeness (QED) is 0.466. The minimum Gasteiger partial charge on any atom is -0.495 e. The van der Waals surface area contributed by atoms with Gasteiger partial charge in [0.25, 0.3) is 5.91 Å². The number of hydrogen-bond acceptors (Lipinski definition) is 6. The first-order valence-corrected chi connectivity index (χ1v) is 9.48. The number of rotatable bonds is 11. The predicted molar refractivity (Wildman–Crippen MR) is 103 cm³/mol. The fourth-order valence-electron chi connectivity index (χ4n) is 2.07. The van der Waals surface area contributed by atoms with Gasteiger partial charge in [0.05, 0.1) is 13.7 Å². The highest BCUT2D eigenvalue weighted by Crippen LogP contribution is 2.25. The molecule has 0 aliphatic heterocycles. The highest BCUT2D eigenvalue weighted by atomic mass is 35.5. The van der Waals surface area contributed by atoms with Crippen molar-refractivity contribution in [2.24, 2.45) is 0 Å². The number of nitrogens with one attached hydrogen (secondary N) is 3. The fraction of sp³-hybridized carbons (Fsp3) is 0.562. The van der Waals surface area contributed by atoms with Gasteiger partial charge in [-0.2, -0.15) is 0 Å². The Bertz CT molecular complexity index is 668. The molecule has 0 unspecified atom stereocenters. The summed E-state index contributed by atoms with van der Waals surface area (Å²) >= 11 is 0. The molecule has 0 atom stereocenters. The summed E-state index contributed by atoms with van der Waals surface area (Å²) in [6, 6.07) is 4.05. The molecule has 1 amide bonds. The second kappa shape index (κ2) is 12.1.